The van der Waals surface area contributed by atoms with E-state index in [1.807, 2.05) is 19.9 Å². The summed E-state index contributed by atoms with van der Waals surface area (Å²) in [4.78, 5) is 16.4. The van der Waals surface area contributed by atoms with Crippen molar-refractivity contribution in [3.05, 3.63) is 61.2 Å². The molecule has 0 aliphatic rings. The lowest BCUT2D eigenvalue weighted by Gasteiger charge is -2.15. The molecule has 0 spiro atoms. The van der Waals surface area contributed by atoms with Crippen molar-refractivity contribution in [2.24, 2.45) is 0 Å². The Hall–Kier alpha value is -1.03. The van der Waals surface area contributed by atoms with Gasteiger partial charge in [0.15, 0.2) is 0 Å². The van der Waals surface area contributed by atoms with Crippen molar-refractivity contribution in [2.45, 2.75) is 26.3 Å². The summed E-state index contributed by atoms with van der Waals surface area (Å²) in [5, 5.41) is 1.11. The van der Waals surface area contributed by atoms with Gasteiger partial charge in [0.2, 0.25) is 0 Å². The molecule has 0 aliphatic heterocycles. The fraction of sp³-hybridized carbons (Fsp3) is 0.286. The molecule has 0 bridgehead atoms. The Morgan fingerprint density at radius 1 is 1.25 bits per heavy atom. The van der Waals surface area contributed by atoms with E-state index in [1.54, 1.807) is 16.7 Å². The smallest absolute Gasteiger partial charge is 0.255 e. The zero-order chi connectivity index (χ0) is 14.9. The SMILES string of the molecule is CC(C)c1nc(Cl)cc(=O)n1Cc1cccc(Cl)c1Cl. The number of halogens is 3. The van der Waals surface area contributed by atoms with Gasteiger partial charge in [0.1, 0.15) is 11.0 Å². The van der Waals surface area contributed by atoms with Crippen LogP contribution in [0.2, 0.25) is 15.2 Å². The Bertz CT molecular complexity index is 695. The molecule has 0 saturated carbocycles. The van der Waals surface area contributed by atoms with Gasteiger partial charge >= 0.3 is 0 Å². The second-order valence-electron chi connectivity index (χ2n) is 4.73. The molecule has 20 heavy (non-hydrogen) atoms. The highest BCUT2D eigenvalue weighted by Gasteiger charge is 2.13. The minimum Gasteiger partial charge on any atom is -0.292 e. The normalized spacial score (nSPS) is 11.1. The summed E-state index contributed by atoms with van der Waals surface area (Å²) in [7, 11) is 0. The molecule has 0 radical (unpaired) electrons. The summed E-state index contributed by atoms with van der Waals surface area (Å²) in [6, 6.07) is 6.64. The first-order valence-corrected chi connectivity index (χ1v) is 7.23. The van der Waals surface area contributed by atoms with Crippen LogP contribution < -0.4 is 5.56 Å². The molecule has 2 aromatic rings. The molecule has 106 valence electrons. The number of hydrogen-bond donors (Lipinski definition) is 0. The van der Waals surface area contributed by atoms with E-state index < -0.39 is 0 Å². The first-order chi connectivity index (χ1) is 9.40. The van der Waals surface area contributed by atoms with Crippen LogP contribution in [0, 0.1) is 0 Å². The van der Waals surface area contributed by atoms with Crippen LogP contribution in [0.1, 0.15) is 31.2 Å². The number of benzene rings is 1. The Morgan fingerprint density at radius 3 is 2.60 bits per heavy atom. The van der Waals surface area contributed by atoms with Crippen molar-refractivity contribution < 1.29 is 0 Å². The third-order valence-corrected chi connectivity index (χ3v) is 3.93. The highest BCUT2D eigenvalue weighted by atomic mass is 35.5. The van der Waals surface area contributed by atoms with Crippen molar-refractivity contribution in [3.8, 4) is 0 Å². The summed E-state index contributed by atoms with van der Waals surface area (Å²) in [5.41, 5.74) is 0.567. The van der Waals surface area contributed by atoms with E-state index in [2.05, 4.69) is 4.98 Å². The molecule has 3 nitrogen and oxygen atoms in total. The molecule has 2 rings (SSSR count). The fourth-order valence-electron chi connectivity index (χ4n) is 1.94. The van der Waals surface area contributed by atoms with E-state index in [0.29, 0.717) is 22.4 Å². The average Bonchev–Trinajstić information content (AvgIpc) is 2.37. The summed E-state index contributed by atoms with van der Waals surface area (Å²) in [6.07, 6.45) is 0. The van der Waals surface area contributed by atoms with Crippen molar-refractivity contribution in [1.29, 1.82) is 0 Å². The van der Waals surface area contributed by atoms with E-state index in [9.17, 15) is 4.79 Å². The van der Waals surface area contributed by atoms with Crippen LogP contribution in [0.4, 0.5) is 0 Å². The molecule has 0 atom stereocenters. The lowest BCUT2D eigenvalue weighted by Crippen LogP contribution is -2.26. The summed E-state index contributed by atoms with van der Waals surface area (Å²) in [6.45, 7) is 4.22. The Kier molecular flexibility index (Phi) is 4.74. The molecule has 1 aromatic heterocycles. The highest BCUT2D eigenvalue weighted by molar-refractivity contribution is 6.42. The van der Waals surface area contributed by atoms with E-state index in [4.69, 9.17) is 34.8 Å². The highest BCUT2D eigenvalue weighted by Crippen LogP contribution is 2.26. The van der Waals surface area contributed by atoms with Gasteiger partial charge in [-0.25, -0.2) is 4.98 Å². The lowest BCUT2D eigenvalue weighted by molar-refractivity contribution is 0.625. The van der Waals surface area contributed by atoms with Gasteiger partial charge in [-0.1, -0.05) is 60.8 Å². The van der Waals surface area contributed by atoms with Gasteiger partial charge in [-0.2, -0.15) is 0 Å². The van der Waals surface area contributed by atoms with Crippen LogP contribution in [0.5, 0.6) is 0 Å². The van der Waals surface area contributed by atoms with Gasteiger partial charge in [0.25, 0.3) is 5.56 Å². The Morgan fingerprint density at radius 2 is 1.95 bits per heavy atom. The Balaban J connectivity index is 2.53. The average molecular weight is 332 g/mol. The minimum atomic E-state index is -0.204. The molecule has 0 unspecified atom stereocenters. The zero-order valence-electron chi connectivity index (χ0n) is 11.0. The molecule has 6 heteroatoms. The van der Waals surface area contributed by atoms with Gasteiger partial charge in [-0.05, 0) is 11.6 Å². The van der Waals surface area contributed by atoms with Crippen molar-refractivity contribution in [2.75, 3.05) is 0 Å². The van der Waals surface area contributed by atoms with Crippen LogP contribution in [0.15, 0.2) is 29.1 Å². The number of nitrogens with zero attached hydrogens (tertiary/aromatic N) is 2. The quantitative estimate of drug-likeness (QED) is 0.783. The van der Waals surface area contributed by atoms with E-state index >= 15 is 0 Å². The largest absolute Gasteiger partial charge is 0.292 e. The third kappa shape index (κ3) is 3.17. The molecule has 0 aliphatic carbocycles. The molecule has 1 heterocycles. The topological polar surface area (TPSA) is 34.9 Å². The van der Waals surface area contributed by atoms with Gasteiger partial charge in [-0.3, -0.25) is 9.36 Å². The van der Waals surface area contributed by atoms with E-state index in [-0.39, 0.29) is 16.6 Å². The summed E-state index contributed by atoms with van der Waals surface area (Å²) >= 11 is 18.0. The number of aromatic nitrogens is 2. The zero-order valence-corrected chi connectivity index (χ0v) is 13.3. The first kappa shape index (κ1) is 15.4. The maximum atomic E-state index is 12.1. The van der Waals surface area contributed by atoms with E-state index in [1.165, 1.54) is 6.07 Å². The van der Waals surface area contributed by atoms with Crippen molar-refractivity contribution in [3.63, 3.8) is 0 Å². The first-order valence-electron chi connectivity index (χ1n) is 6.10. The second kappa shape index (κ2) is 6.17. The molecule has 1 aromatic carbocycles. The number of hydrogen-bond acceptors (Lipinski definition) is 2. The molecule has 0 N–H and O–H groups in total. The van der Waals surface area contributed by atoms with Gasteiger partial charge < -0.3 is 0 Å². The van der Waals surface area contributed by atoms with Crippen molar-refractivity contribution >= 4 is 34.8 Å². The van der Waals surface area contributed by atoms with Crippen LogP contribution in [0.3, 0.4) is 0 Å². The lowest BCUT2D eigenvalue weighted by atomic mass is 10.1. The minimum absolute atomic E-state index is 0.0689. The van der Waals surface area contributed by atoms with Crippen LogP contribution in [-0.2, 0) is 6.54 Å². The van der Waals surface area contributed by atoms with Crippen LogP contribution in [-0.4, -0.2) is 9.55 Å². The monoisotopic (exact) mass is 330 g/mol. The number of rotatable bonds is 3. The van der Waals surface area contributed by atoms with Gasteiger partial charge in [-0.15, -0.1) is 0 Å². The van der Waals surface area contributed by atoms with Crippen LogP contribution >= 0.6 is 34.8 Å². The van der Waals surface area contributed by atoms with Gasteiger partial charge in [0, 0.05) is 12.0 Å². The predicted molar refractivity (Wildman–Crippen MR) is 83.2 cm³/mol. The molecule has 0 fully saturated rings. The Labute approximate surface area is 132 Å². The van der Waals surface area contributed by atoms with E-state index in [0.717, 1.165) is 5.56 Å². The summed E-state index contributed by atoms with van der Waals surface area (Å²) in [5.74, 6) is 0.693. The van der Waals surface area contributed by atoms with Crippen molar-refractivity contribution in [1.82, 2.24) is 9.55 Å². The van der Waals surface area contributed by atoms with Crippen LogP contribution in [0.25, 0.3) is 0 Å². The predicted octanol–water partition coefficient (Wildman–Crippen LogP) is 4.38. The molecular formula is C14H13Cl3N2O. The third-order valence-electron chi connectivity index (χ3n) is 2.88. The maximum absolute atomic E-state index is 12.1. The fourth-order valence-corrected chi connectivity index (χ4v) is 2.50. The maximum Gasteiger partial charge on any atom is 0.255 e. The second-order valence-corrected chi connectivity index (χ2v) is 5.90. The summed E-state index contributed by atoms with van der Waals surface area (Å²) < 4.78 is 1.56. The molecule has 0 amide bonds. The van der Waals surface area contributed by atoms with Gasteiger partial charge in [0.05, 0.1) is 16.6 Å². The molecule has 0 saturated heterocycles. The molecular weight excluding hydrogens is 319 g/mol. The standard InChI is InChI=1S/C14H13Cl3N2O/c1-8(2)14-18-11(16)6-12(20)19(14)7-9-4-3-5-10(15)13(9)17/h3-6,8H,7H2,1-2H3.